The molecule has 1 amide bonds. The summed E-state index contributed by atoms with van der Waals surface area (Å²) in [5.41, 5.74) is 0.445. The van der Waals surface area contributed by atoms with E-state index in [2.05, 4.69) is 0 Å². The van der Waals surface area contributed by atoms with Crippen LogP contribution in [0.15, 0.2) is 29.2 Å². The third kappa shape index (κ3) is 3.50. The summed E-state index contributed by atoms with van der Waals surface area (Å²) in [6, 6.07) is 6.22. The minimum atomic E-state index is -3.56. The average Bonchev–Trinajstić information content (AvgIpc) is 2.54. The third-order valence-electron chi connectivity index (χ3n) is 4.13. The molecule has 0 aliphatic carbocycles. The Morgan fingerprint density at radius 2 is 1.82 bits per heavy atom. The molecule has 1 aromatic carbocycles. The summed E-state index contributed by atoms with van der Waals surface area (Å²) in [4.78, 5) is 14.5. The monoisotopic (exact) mass is 324 g/mol. The fraction of sp³-hybridized carbons (Fsp3) is 0.562. The summed E-state index contributed by atoms with van der Waals surface area (Å²) >= 11 is 0. The molecule has 22 heavy (non-hydrogen) atoms. The first-order chi connectivity index (χ1) is 10.3. The van der Waals surface area contributed by atoms with Crippen molar-refractivity contribution in [3.05, 3.63) is 29.8 Å². The minimum absolute atomic E-state index is 0.0797. The van der Waals surface area contributed by atoms with Crippen LogP contribution in [0.25, 0.3) is 0 Å². The van der Waals surface area contributed by atoms with Gasteiger partial charge in [-0.1, -0.05) is 6.07 Å². The molecule has 0 N–H and O–H groups in total. The van der Waals surface area contributed by atoms with Crippen LogP contribution in [0.4, 0.5) is 0 Å². The summed E-state index contributed by atoms with van der Waals surface area (Å²) in [7, 11) is -2.01. The number of hydrogen-bond donors (Lipinski definition) is 0. The molecular weight excluding hydrogens is 300 g/mol. The number of hydrogen-bond acceptors (Lipinski definition) is 3. The zero-order valence-corrected chi connectivity index (χ0v) is 14.3. The fourth-order valence-electron chi connectivity index (χ4n) is 2.51. The van der Waals surface area contributed by atoms with Gasteiger partial charge in [0.15, 0.2) is 0 Å². The Morgan fingerprint density at radius 3 is 2.41 bits per heavy atom. The molecule has 0 unspecified atom stereocenters. The summed E-state index contributed by atoms with van der Waals surface area (Å²) in [6.45, 7) is 5.14. The summed E-state index contributed by atoms with van der Waals surface area (Å²) < 4.78 is 26.4. The minimum Gasteiger partial charge on any atom is -0.339 e. The van der Waals surface area contributed by atoms with E-state index in [0.29, 0.717) is 5.56 Å². The van der Waals surface area contributed by atoms with Crippen molar-refractivity contribution in [1.82, 2.24) is 9.21 Å². The van der Waals surface area contributed by atoms with Gasteiger partial charge in [-0.2, -0.15) is 4.31 Å². The summed E-state index contributed by atoms with van der Waals surface area (Å²) in [5.74, 6) is -0.0797. The Kier molecular flexibility index (Phi) is 5.24. The second kappa shape index (κ2) is 6.79. The molecule has 0 bridgehead atoms. The topological polar surface area (TPSA) is 57.7 Å². The molecule has 0 saturated carbocycles. The van der Waals surface area contributed by atoms with E-state index in [9.17, 15) is 13.2 Å². The third-order valence-corrected chi connectivity index (χ3v) is 6.16. The van der Waals surface area contributed by atoms with Gasteiger partial charge in [-0.05, 0) is 51.3 Å². The maximum atomic E-state index is 12.5. The predicted molar refractivity (Wildman–Crippen MR) is 86.3 cm³/mol. The van der Waals surface area contributed by atoms with Crippen LogP contribution in [0, 0.1) is 0 Å². The molecule has 0 radical (unpaired) electrons. The first-order valence-corrected chi connectivity index (χ1v) is 9.15. The lowest BCUT2D eigenvalue weighted by Crippen LogP contribution is -2.36. The highest BCUT2D eigenvalue weighted by molar-refractivity contribution is 7.89. The Morgan fingerprint density at radius 1 is 1.18 bits per heavy atom. The van der Waals surface area contributed by atoms with Gasteiger partial charge in [0.1, 0.15) is 0 Å². The van der Waals surface area contributed by atoms with Crippen LogP contribution in [0.2, 0.25) is 0 Å². The molecule has 1 aromatic rings. The van der Waals surface area contributed by atoms with Gasteiger partial charge in [0.05, 0.1) is 4.90 Å². The molecule has 0 spiro atoms. The molecular formula is C16H24N2O3S. The van der Waals surface area contributed by atoms with Crippen molar-refractivity contribution in [2.75, 3.05) is 20.1 Å². The predicted octanol–water partition coefficient (Wildman–Crippen LogP) is 2.34. The van der Waals surface area contributed by atoms with E-state index in [-0.39, 0.29) is 16.8 Å². The van der Waals surface area contributed by atoms with Gasteiger partial charge in [-0.15, -0.1) is 0 Å². The van der Waals surface area contributed by atoms with Gasteiger partial charge in [0.25, 0.3) is 5.91 Å². The lowest BCUT2D eigenvalue weighted by atomic mass is 10.1. The number of amides is 1. The fourth-order valence-corrected chi connectivity index (χ4v) is 3.93. The number of nitrogens with zero attached hydrogens (tertiary/aromatic N) is 2. The van der Waals surface area contributed by atoms with Crippen LogP contribution >= 0.6 is 0 Å². The number of piperidine rings is 1. The maximum Gasteiger partial charge on any atom is 0.253 e. The lowest BCUT2D eigenvalue weighted by Gasteiger charge is -2.27. The maximum absolute atomic E-state index is 12.5. The van der Waals surface area contributed by atoms with Gasteiger partial charge >= 0.3 is 0 Å². The van der Waals surface area contributed by atoms with Crippen molar-refractivity contribution in [3.63, 3.8) is 0 Å². The van der Waals surface area contributed by atoms with Gasteiger partial charge in [0, 0.05) is 31.7 Å². The number of likely N-dealkylation sites (tertiary alicyclic amines) is 1. The van der Waals surface area contributed by atoms with E-state index < -0.39 is 10.0 Å². The van der Waals surface area contributed by atoms with Crippen LogP contribution in [0.3, 0.4) is 0 Å². The molecule has 5 nitrogen and oxygen atoms in total. The van der Waals surface area contributed by atoms with Crippen LogP contribution < -0.4 is 0 Å². The number of carbonyl (C=O) groups excluding carboxylic acids is 1. The first-order valence-electron chi connectivity index (χ1n) is 7.71. The SMILES string of the molecule is CC(C)N(C)S(=O)(=O)c1cccc(C(=O)N2CCCCC2)c1. The van der Waals surface area contributed by atoms with Crippen molar-refractivity contribution in [2.45, 2.75) is 44.0 Å². The largest absolute Gasteiger partial charge is 0.339 e. The van der Waals surface area contributed by atoms with Gasteiger partial charge < -0.3 is 4.90 Å². The van der Waals surface area contributed by atoms with E-state index in [0.717, 1.165) is 32.4 Å². The van der Waals surface area contributed by atoms with Crippen molar-refractivity contribution in [3.8, 4) is 0 Å². The zero-order chi connectivity index (χ0) is 16.3. The summed E-state index contributed by atoms with van der Waals surface area (Å²) in [5, 5.41) is 0. The smallest absolute Gasteiger partial charge is 0.253 e. The van der Waals surface area contributed by atoms with Crippen molar-refractivity contribution >= 4 is 15.9 Å². The number of carbonyl (C=O) groups is 1. The Labute approximate surface area is 133 Å². The van der Waals surface area contributed by atoms with Crippen molar-refractivity contribution < 1.29 is 13.2 Å². The van der Waals surface area contributed by atoms with Crippen LogP contribution in [-0.2, 0) is 10.0 Å². The van der Waals surface area contributed by atoms with Gasteiger partial charge in [-0.3, -0.25) is 4.79 Å². The average molecular weight is 324 g/mol. The Hall–Kier alpha value is -1.40. The normalized spacial score (nSPS) is 16.3. The Bertz CT molecular complexity index is 635. The Balaban J connectivity index is 2.28. The second-order valence-corrected chi connectivity index (χ2v) is 7.99. The van der Waals surface area contributed by atoms with E-state index in [4.69, 9.17) is 0 Å². The van der Waals surface area contributed by atoms with Gasteiger partial charge in [0.2, 0.25) is 10.0 Å². The molecule has 1 fully saturated rings. The second-order valence-electron chi connectivity index (χ2n) is 6.00. The highest BCUT2D eigenvalue weighted by Crippen LogP contribution is 2.20. The first kappa shape index (κ1) is 17.0. The summed E-state index contributed by atoms with van der Waals surface area (Å²) in [6.07, 6.45) is 3.18. The van der Waals surface area contributed by atoms with Crippen LogP contribution in [-0.4, -0.2) is 49.7 Å². The number of rotatable bonds is 4. The number of benzene rings is 1. The molecule has 1 saturated heterocycles. The van der Waals surface area contributed by atoms with E-state index in [1.165, 1.54) is 10.4 Å². The van der Waals surface area contributed by atoms with Crippen LogP contribution in [0.5, 0.6) is 0 Å². The quantitative estimate of drug-likeness (QED) is 0.854. The van der Waals surface area contributed by atoms with Crippen LogP contribution in [0.1, 0.15) is 43.5 Å². The molecule has 1 heterocycles. The van der Waals surface area contributed by atoms with E-state index >= 15 is 0 Å². The molecule has 1 aliphatic rings. The molecule has 1 aliphatic heterocycles. The van der Waals surface area contributed by atoms with Crippen molar-refractivity contribution in [1.29, 1.82) is 0 Å². The van der Waals surface area contributed by atoms with Gasteiger partial charge in [-0.25, -0.2) is 8.42 Å². The zero-order valence-electron chi connectivity index (χ0n) is 13.4. The standard InChI is InChI=1S/C16H24N2O3S/c1-13(2)17(3)22(20,21)15-9-7-8-14(12-15)16(19)18-10-5-4-6-11-18/h7-9,12-13H,4-6,10-11H2,1-3H3. The highest BCUT2D eigenvalue weighted by atomic mass is 32.2. The molecule has 0 aromatic heterocycles. The van der Waals surface area contributed by atoms with E-state index in [1.807, 2.05) is 13.8 Å². The van der Waals surface area contributed by atoms with E-state index in [1.54, 1.807) is 30.1 Å². The highest BCUT2D eigenvalue weighted by Gasteiger charge is 2.25. The lowest BCUT2D eigenvalue weighted by molar-refractivity contribution is 0.0724. The number of sulfonamides is 1. The molecule has 122 valence electrons. The molecule has 6 heteroatoms. The van der Waals surface area contributed by atoms with Crippen molar-refractivity contribution in [2.24, 2.45) is 0 Å². The molecule has 2 rings (SSSR count). The molecule has 0 atom stereocenters.